The maximum atomic E-state index is 14.2. The van der Waals surface area contributed by atoms with Crippen LogP contribution >= 0.6 is 11.6 Å². The van der Waals surface area contributed by atoms with Crippen LogP contribution in [0.25, 0.3) is 11.1 Å². The topological polar surface area (TPSA) is 104 Å². The Kier molecular flexibility index (Phi) is 7.95. The standard InChI is InChI=1S/C24H20ClFN4O3/c1-33-24(32)21-17(3-2-4-19(21)26)16-7-5-15(6-8-16)10-13-28-23-22(18(25)11-14-29-23)30-20(31)9-12-27/h2-8,11,14H,9-10,13H2,1H3,(H,28,29)(H,30,31). The molecule has 1 heterocycles. The quantitative estimate of drug-likeness (QED) is 0.460. The number of hydrogen-bond acceptors (Lipinski definition) is 6. The number of halogens is 2. The molecule has 0 radical (unpaired) electrons. The van der Waals surface area contributed by atoms with Crippen molar-refractivity contribution in [2.45, 2.75) is 12.8 Å². The van der Waals surface area contributed by atoms with Crippen molar-refractivity contribution >= 4 is 35.0 Å². The van der Waals surface area contributed by atoms with Gasteiger partial charge in [-0.1, -0.05) is 48.0 Å². The fourth-order valence-corrected chi connectivity index (χ4v) is 3.39. The number of benzene rings is 2. The molecule has 3 rings (SSSR count). The Balaban J connectivity index is 1.69. The molecule has 0 atom stereocenters. The Labute approximate surface area is 195 Å². The molecule has 1 amide bonds. The molecule has 168 valence electrons. The van der Waals surface area contributed by atoms with Gasteiger partial charge in [-0.3, -0.25) is 4.79 Å². The summed E-state index contributed by atoms with van der Waals surface area (Å²) in [6.07, 6.45) is 1.84. The van der Waals surface area contributed by atoms with Crippen LogP contribution in [0, 0.1) is 17.1 Å². The molecule has 2 N–H and O–H groups in total. The fraction of sp³-hybridized carbons (Fsp3) is 0.167. The van der Waals surface area contributed by atoms with E-state index in [1.807, 2.05) is 24.3 Å². The first-order valence-electron chi connectivity index (χ1n) is 9.96. The van der Waals surface area contributed by atoms with Gasteiger partial charge >= 0.3 is 5.97 Å². The lowest BCUT2D eigenvalue weighted by molar-refractivity contribution is -0.115. The number of rotatable bonds is 8. The Bertz CT molecular complexity index is 1210. The van der Waals surface area contributed by atoms with Gasteiger partial charge in [-0.25, -0.2) is 14.2 Å². The average Bonchev–Trinajstić information content (AvgIpc) is 2.81. The number of amides is 1. The summed E-state index contributed by atoms with van der Waals surface area (Å²) in [6, 6.07) is 15.1. The van der Waals surface area contributed by atoms with Crippen LogP contribution in [-0.2, 0) is 16.0 Å². The molecule has 0 spiro atoms. The largest absolute Gasteiger partial charge is 0.465 e. The van der Waals surface area contributed by atoms with E-state index < -0.39 is 17.7 Å². The van der Waals surface area contributed by atoms with Crippen molar-refractivity contribution in [3.05, 3.63) is 76.7 Å². The summed E-state index contributed by atoms with van der Waals surface area (Å²) in [7, 11) is 1.21. The van der Waals surface area contributed by atoms with E-state index in [9.17, 15) is 14.0 Å². The molecule has 0 unspecified atom stereocenters. The summed E-state index contributed by atoms with van der Waals surface area (Å²) in [4.78, 5) is 28.0. The van der Waals surface area contributed by atoms with Crippen LogP contribution < -0.4 is 10.6 Å². The predicted molar refractivity (Wildman–Crippen MR) is 123 cm³/mol. The summed E-state index contributed by atoms with van der Waals surface area (Å²) in [5.74, 6) is -1.45. The Morgan fingerprint density at radius 2 is 1.94 bits per heavy atom. The van der Waals surface area contributed by atoms with E-state index >= 15 is 0 Å². The number of nitriles is 1. The zero-order valence-corrected chi connectivity index (χ0v) is 18.4. The molecule has 0 saturated carbocycles. The van der Waals surface area contributed by atoms with Crippen molar-refractivity contribution < 1.29 is 18.7 Å². The smallest absolute Gasteiger partial charge is 0.341 e. The van der Waals surface area contributed by atoms with Crippen molar-refractivity contribution in [2.75, 3.05) is 24.3 Å². The predicted octanol–water partition coefficient (Wildman–Crippen LogP) is 4.83. The van der Waals surface area contributed by atoms with Gasteiger partial charge < -0.3 is 15.4 Å². The monoisotopic (exact) mass is 466 g/mol. The van der Waals surface area contributed by atoms with E-state index in [1.54, 1.807) is 24.3 Å². The Hall–Kier alpha value is -3.96. The molecular formula is C24H20ClFN4O3. The van der Waals surface area contributed by atoms with Crippen molar-refractivity contribution in [1.29, 1.82) is 5.26 Å². The number of nitrogens with one attached hydrogen (secondary N) is 2. The second kappa shape index (κ2) is 11.1. The van der Waals surface area contributed by atoms with Gasteiger partial charge in [0.25, 0.3) is 0 Å². The number of carbonyl (C=O) groups is 2. The van der Waals surface area contributed by atoms with E-state index in [-0.39, 0.29) is 12.0 Å². The van der Waals surface area contributed by atoms with E-state index in [0.717, 1.165) is 5.56 Å². The summed E-state index contributed by atoms with van der Waals surface area (Å²) in [5.41, 5.74) is 2.33. The third-order valence-electron chi connectivity index (χ3n) is 4.78. The highest BCUT2D eigenvalue weighted by molar-refractivity contribution is 6.34. The normalized spacial score (nSPS) is 10.2. The Morgan fingerprint density at radius 3 is 2.64 bits per heavy atom. The van der Waals surface area contributed by atoms with E-state index in [1.165, 1.54) is 19.4 Å². The first-order valence-corrected chi connectivity index (χ1v) is 10.3. The highest BCUT2D eigenvalue weighted by atomic mass is 35.5. The van der Waals surface area contributed by atoms with Gasteiger partial charge in [-0.15, -0.1) is 0 Å². The van der Waals surface area contributed by atoms with Crippen LogP contribution in [0.4, 0.5) is 15.9 Å². The molecule has 0 aliphatic rings. The molecule has 33 heavy (non-hydrogen) atoms. The summed E-state index contributed by atoms with van der Waals surface area (Å²) in [6.45, 7) is 0.487. The number of esters is 1. The molecule has 0 fully saturated rings. The minimum atomic E-state index is -0.733. The number of carbonyl (C=O) groups excluding carboxylic acids is 2. The molecule has 1 aromatic heterocycles. The molecule has 9 heteroatoms. The van der Waals surface area contributed by atoms with E-state index in [2.05, 4.69) is 15.6 Å². The number of ether oxygens (including phenoxy) is 1. The Morgan fingerprint density at radius 1 is 1.18 bits per heavy atom. The van der Waals surface area contributed by atoms with Gasteiger partial charge in [0.05, 0.1) is 18.2 Å². The number of nitrogens with zero attached hydrogens (tertiary/aromatic N) is 2. The second-order valence-electron chi connectivity index (χ2n) is 6.93. The summed E-state index contributed by atoms with van der Waals surface area (Å²) < 4.78 is 18.9. The highest BCUT2D eigenvalue weighted by Crippen LogP contribution is 2.29. The van der Waals surface area contributed by atoms with Crippen LogP contribution in [0.3, 0.4) is 0 Å². The van der Waals surface area contributed by atoms with Crippen LogP contribution in [-0.4, -0.2) is 30.5 Å². The minimum absolute atomic E-state index is 0.104. The van der Waals surface area contributed by atoms with Crippen molar-refractivity contribution in [3.8, 4) is 17.2 Å². The third kappa shape index (κ3) is 5.84. The number of methoxy groups -OCH3 is 1. The van der Waals surface area contributed by atoms with Gasteiger partial charge in [0.2, 0.25) is 5.91 Å². The highest BCUT2D eigenvalue weighted by Gasteiger charge is 2.18. The number of anilines is 2. The summed E-state index contributed by atoms with van der Waals surface area (Å²) >= 11 is 6.16. The zero-order chi connectivity index (χ0) is 23.8. The van der Waals surface area contributed by atoms with Crippen molar-refractivity contribution in [1.82, 2.24) is 4.98 Å². The van der Waals surface area contributed by atoms with Crippen LogP contribution in [0.5, 0.6) is 0 Å². The van der Waals surface area contributed by atoms with Crippen molar-refractivity contribution in [2.24, 2.45) is 0 Å². The summed E-state index contributed by atoms with van der Waals surface area (Å²) in [5, 5.41) is 14.7. The lowest BCUT2D eigenvalue weighted by atomic mass is 9.97. The molecule has 2 aromatic carbocycles. The second-order valence-corrected chi connectivity index (χ2v) is 7.33. The zero-order valence-electron chi connectivity index (χ0n) is 17.7. The van der Waals surface area contributed by atoms with Crippen LogP contribution in [0.15, 0.2) is 54.7 Å². The maximum absolute atomic E-state index is 14.2. The van der Waals surface area contributed by atoms with Gasteiger partial charge in [-0.05, 0) is 35.2 Å². The number of aromatic nitrogens is 1. The molecule has 0 bridgehead atoms. The maximum Gasteiger partial charge on any atom is 0.341 e. The van der Waals surface area contributed by atoms with Crippen LogP contribution in [0.1, 0.15) is 22.3 Å². The number of pyridine rings is 1. The van der Waals surface area contributed by atoms with Gasteiger partial charge in [-0.2, -0.15) is 5.26 Å². The van der Waals surface area contributed by atoms with Gasteiger partial charge in [0.1, 0.15) is 23.5 Å². The minimum Gasteiger partial charge on any atom is -0.465 e. The molecule has 3 aromatic rings. The van der Waals surface area contributed by atoms with Crippen molar-refractivity contribution in [3.63, 3.8) is 0 Å². The van der Waals surface area contributed by atoms with Gasteiger partial charge in [0, 0.05) is 12.7 Å². The average molecular weight is 467 g/mol. The van der Waals surface area contributed by atoms with Gasteiger partial charge in [0.15, 0.2) is 5.82 Å². The molecule has 7 nitrogen and oxygen atoms in total. The first-order chi connectivity index (χ1) is 15.9. The lowest BCUT2D eigenvalue weighted by Crippen LogP contribution is -2.15. The molecule has 0 aliphatic heterocycles. The molecule has 0 aliphatic carbocycles. The fourth-order valence-electron chi connectivity index (χ4n) is 3.20. The van der Waals surface area contributed by atoms with E-state index in [4.69, 9.17) is 21.6 Å². The first kappa shape index (κ1) is 23.7. The lowest BCUT2D eigenvalue weighted by Gasteiger charge is -2.13. The molecule has 0 saturated heterocycles. The molecular weight excluding hydrogens is 447 g/mol. The van der Waals surface area contributed by atoms with E-state index in [0.29, 0.717) is 40.6 Å². The third-order valence-corrected chi connectivity index (χ3v) is 5.09. The SMILES string of the molecule is COC(=O)c1c(F)cccc1-c1ccc(CCNc2nccc(Cl)c2NC(=O)CC#N)cc1. The number of hydrogen-bond donors (Lipinski definition) is 2. The van der Waals surface area contributed by atoms with Crippen LogP contribution in [0.2, 0.25) is 5.02 Å².